The van der Waals surface area contributed by atoms with E-state index in [2.05, 4.69) is 37.0 Å². The summed E-state index contributed by atoms with van der Waals surface area (Å²) in [5, 5.41) is 0. The third-order valence-corrected chi connectivity index (χ3v) is 2.56. The van der Waals surface area contributed by atoms with Gasteiger partial charge in [0.1, 0.15) is 0 Å². The average Bonchev–Trinajstić information content (AvgIpc) is 2.63. The molecule has 1 heterocycles. The van der Waals surface area contributed by atoms with E-state index in [9.17, 15) is 0 Å². The van der Waals surface area contributed by atoms with Crippen molar-refractivity contribution in [2.24, 2.45) is 12.0 Å². The molecule has 0 aliphatic heterocycles. The van der Waals surface area contributed by atoms with Crippen LogP contribution in [0.1, 0.15) is 16.7 Å². The van der Waals surface area contributed by atoms with Crippen LogP contribution in [0, 0.1) is 13.8 Å². The van der Waals surface area contributed by atoms with Crippen molar-refractivity contribution in [1.82, 2.24) is 4.57 Å². The molecule has 2 nitrogen and oxygen atoms in total. The summed E-state index contributed by atoms with van der Waals surface area (Å²) in [6.07, 6.45) is 5.97. The van der Waals surface area contributed by atoms with Gasteiger partial charge in [-0.2, -0.15) is 0 Å². The standard InChI is InChI=1S/C14H16N2/c1-11-4-5-14(12(2)8-11)15-9-13-6-7-16(3)10-13/h4-10H,1-3H3. The molecule has 0 atom stereocenters. The van der Waals surface area contributed by atoms with Crippen LogP contribution >= 0.6 is 0 Å². The highest BCUT2D eigenvalue weighted by molar-refractivity contribution is 5.82. The van der Waals surface area contributed by atoms with Crippen molar-refractivity contribution in [2.45, 2.75) is 13.8 Å². The molecule has 0 aliphatic rings. The van der Waals surface area contributed by atoms with Gasteiger partial charge in [-0.05, 0) is 31.5 Å². The summed E-state index contributed by atoms with van der Waals surface area (Å²) < 4.78 is 2.02. The molecule has 0 N–H and O–H groups in total. The lowest BCUT2D eigenvalue weighted by atomic mass is 10.1. The van der Waals surface area contributed by atoms with Crippen LogP contribution in [-0.4, -0.2) is 10.8 Å². The molecule has 0 fully saturated rings. The zero-order valence-corrected chi connectivity index (χ0v) is 9.94. The summed E-state index contributed by atoms with van der Waals surface area (Å²) in [6.45, 7) is 4.18. The second kappa shape index (κ2) is 4.35. The van der Waals surface area contributed by atoms with E-state index >= 15 is 0 Å². The highest BCUT2D eigenvalue weighted by atomic mass is 14.9. The van der Waals surface area contributed by atoms with E-state index in [1.165, 1.54) is 11.1 Å². The maximum absolute atomic E-state index is 4.49. The molecule has 2 aromatic rings. The Bertz CT molecular complexity index is 521. The normalized spacial score (nSPS) is 11.2. The Morgan fingerprint density at radius 3 is 2.62 bits per heavy atom. The Hall–Kier alpha value is -1.83. The van der Waals surface area contributed by atoms with Crippen LogP contribution in [0.4, 0.5) is 5.69 Å². The van der Waals surface area contributed by atoms with Gasteiger partial charge in [0.15, 0.2) is 0 Å². The van der Waals surface area contributed by atoms with Gasteiger partial charge >= 0.3 is 0 Å². The van der Waals surface area contributed by atoms with E-state index in [4.69, 9.17) is 0 Å². The van der Waals surface area contributed by atoms with E-state index in [0.717, 1.165) is 11.3 Å². The summed E-state index contributed by atoms with van der Waals surface area (Å²) in [7, 11) is 2.01. The minimum absolute atomic E-state index is 1.04. The third-order valence-electron chi connectivity index (χ3n) is 2.56. The third kappa shape index (κ3) is 2.40. The number of nitrogens with zero attached hydrogens (tertiary/aromatic N) is 2. The number of hydrogen-bond donors (Lipinski definition) is 0. The lowest BCUT2D eigenvalue weighted by Crippen LogP contribution is -1.81. The Kier molecular flexibility index (Phi) is 2.91. The lowest BCUT2D eigenvalue weighted by Gasteiger charge is -2.00. The molecule has 0 unspecified atom stereocenters. The first-order valence-corrected chi connectivity index (χ1v) is 5.38. The Balaban J connectivity index is 2.23. The van der Waals surface area contributed by atoms with Crippen molar-refractivity contribution in [2.75, 3.05) is 0 Å². The summed E-state index contributed by atoms with van der Waals surface area (Å²) >= 11 is 0. The molecule has 0 bridgehead atoms. The van der Waals surface area contributed by atoms with Crippen LogP contribution in [-0.2, 0) is 7.05 Å². The maximum atomic E-state index is 4.49. The number of hydrogen-bond acceptors (Lipinski definition) is 1. The van der Waals surface area contributed by atoms with Crippen molar-refractivity contribution in [3.8, 4) is 0 Å². The molecule has 0 radical (unpaired) electrons. The summed E-state index contributed by atoms with van der Waals surface area (Å²) in [6, 6.07) is 8.35. The fourth-order valence-corrected chi connectivity index (χ4v) is 1.70. The van der Waals surface area contributed by atoms with Gasteiger partial charge in [-0.3, -0.25) is 4.99 Å². The highest BCUT2D eigenvalue weighted by Gasteiger charge is 1.95. The Morgan fingerprint density at radius 1 is 1.19 bits per heavy atom. The van der Waals surface area contributed by atoms with E-state index in [1.54, 1.807) is 0 Å². The molecule has 16 heavy (non-hydrogen) atoms. The molecule has 1 aromatic heterocycles. The monoisotopic (exact) mass is 212 g/mol. The van der Waals surface area contributed by atoms with Crippen LogP contribution in [0.5, 0.6) is 0 Å². The van der Waals surface area contributed by atoms with Gasteiger partial charge in [0.05, 0.1) is 5.69 Å². The molecular formula is C14H16N2. The van der Waals surface area contributed by atoms with Crippen LogP contribution in [0.15, 0.2) is 41.7 Å². The molecule has 0 spiro atoms. The molecule has 82 valence electrons. The minimum Gasteiger partial charge on any atom is -0.357 e. The van der Waals surface area contributed by atoms with Crippen molar-refractivity contribution in [3.63, 3.8) is 0 Å². The first-order valence-electron chi connectivity index (χ1n) is 5.38. The Labute approximate surface area is 96.3 Å². The molecule has 0 aliphatic carbocycles. The SMILES string of the molecule is Cc1ccc(N=Cc2ccn(C)c2)c(C)c1. The van der Waals surface area contributed by atoms with Crippen molar-refractivity contribution >= 4 is 11.9 Å². The van der Waals surface area contributed by atoms with Gasteiger partial charge in [0, 0.05) is 31.2 Å². The van der Waals surface area contributed by atoms with E-state index < -0.39 is 0 Å². The van der Waals surface area contributed by atoms with Gasteiger partial charge < -0.3 is 4.57 Å². The number of benzene rings is 1. The maximum Gasteiger partial charge on any atom is 0.0659 e. The second-order valence-corrected chi connectivity index (χ2v) is 4.16. The van der Waals surface area contributed by atoms with Gasteiger partial charge in [0.2, 0.25) is 0 Å². The zero-order chi connectivity index (χ0) is 11.5. The molecule has 2 heteroatoms. The number of aliphatic imine (C=N–C) groups is 1. The van der Waals surface area contributed by atoms with Crippen LogP contribution in [0.3, 0.4) is 0 Å². The molecule has 1 aromatic carbocycles. The van der Waals surface area contributed by atoms with Gasteiger partial charge in [-0.25, -0.2) is 0 Å². The minimum atomic E-state index is 1.04. The van der Waals surface area contributed by atoms with E-state index in [0.29, 0.717) is 0 Å². The molecule has 0 saturated carbocycles. The number of aryl methyl sites for hydroxylation is 3. The topological polar surface area (TPSA) is 17.3 Å². The second-order valence-electron chi connectivity index (χ2n) is 4.16. The van der Waals surface area contributed by atoms with E-state index in [1.807, 2.05) is 36.3 Å². The molecule has 0 amide bonds. The van der Waals surface area contributed by atoms with Crippen molar-refractivity contribution in [1.29, 1.82) is 0 Å². The van der Waals surface area contributed by atoms with Crippen LogP contribution in [0.25, 0.3) is 0 Å². The van der Waals surface area contributed by atoms with Gasteiger partial charge in [-0.1, -0.05) is 17.7 Å². The molecule has 0 saturated heterocycles. The van der Waals surface area contributed by atoms with Crippen molar-refractivity contribution < 1.29 is 0 Å². The van der Waals surface area contributed by atoms with Gasteiger partial charge in [-0.15, -0.1) is 0 Å². The largest absolute Gasteiger partial charge is 0.357 e. The Morgan fingerprint density at radius 2 is 2.00 bits per heavy atom. The van der Waals surface area contributed by atoms with Crippen LogP contribution in [0.2, 0.25) is 0 Å². The molecular weight excluding hydrogens is 196 g/mol. The fraction of sp³-hybridized carbons (Fsp3) is 0.214. The summed E-state index contributed by atoms with van der Waals surface area (Å²) in [4.78, 5) is 4.49. The van der Waals surface area contributed by atoms with Crippen molar-refractivity contribution in [3.05, 3.63) is 53.3 Å². The lowest BCUT2D eigenvalue weighted by molar-refractivity contribution is 0.927. The first kappa shape index (κ1) is 10.7. The number of aromatic nitrogens is 1. The smallest absolute Gasteiger partial charge is 0.0659 e. The summed E-state index contributed by atoms with van der Waals surface area (Å²) in [5.41, 5.74) is 4.65. The predicted octanol–water partition coefficient (Wildman–Crippen LogP) is 3.39. The predicted molar refractivity (Wildman–Crippen MR) is 68.6 cm³/mol. The fourth-order valence-electron chi connectivity index (χ4n) is 1.70. The van der Waals surface area contributed by atoms with Gasteiger partial charge in [0.25, 0.3) is 0 Å². The number of rotatable bonds is 2. The molecule has 2 rings (SSSR count). The first-order chi connectivity index (χ1) is 7.65. The van der Waals surface area contributed by atoms with E-state index in [-0.39, 0.29) is 0 Å². The van der Waals surface area contributed by atoms with Crippen LogP contribution < -0.4 is 0 Å². The highest BCUT2D eigenvalue weighted by Crippen LogP contribution is 2.19. The zero-order valence-electron chi connectivity index (χ0n) is 9.94. The average molecular weight is 212 g/mol. The quantitative estimate of drug-likeness (QED) is 0.679. The summed E-state index contributed by atoms with van der Waals surface area (Å²) in [5.74, 6) is 0.